The van der Waals surface area contributed by atoms with E-state index >= 15 is 0 Å². The smallest absolute Gasteiger partial charge is 0.0466 e. The maximum Gasteiger partial charge on any atom is 0.0466 e. The molecular formula is C11H17NS. The van der Waals surface area contributed by atoms with Crippen LogP contribution in [0.4, 0.5) is 0 Å². The van der Waals surface area contributed by atoms with Crippen LogP contribution in [0.25, 0.3) is 0 Å². The molecule has 1 aliphatic rings. The summed E-state index contributed by atoms with van der Waals surface area (Å²) in [7, 11) is 0. The molecule has 1 N–H and O–H groups in total. The minimum Gasteiger partial charge on any atom is -0.307 e. The second kappa shape index (κ2) is 3.43. The van der Waals surface area contributed by atoms with Crippen LogP contribution >= 0.6 is 11.3 Å². The molecule has 2 rings (SSSR count). The average molecular weight is 195 g/mol. The van der Waals surface area contributed by atoms with Crippen molar-refractivity contribution >= 4 is 11.3 Å². The first-order chi connectivity index (χ1) is 6.26. The molecule has 2 heteroatoms. The number of hydrogen-bond donors (Lipinski definition) is 1. The van der Waals surface area contributed by atoms with Gasteiger partial charge in [0.1, 0.15) is 0 Å². The van der Waals surface area contributed by atoms with Gasteiger partial charge in [-0.2, -0.15) is 11.3 Å². The first-order valence-electron chi connectivity index (χ1n) is 5.03. The summed E-state index contributed by atoms with van der Waals surface area (Å²) in [5, 5.41) is 8.15. The molecule has 0 saturated carbocycles. The summed E-state index contributed by atoms with van der Waals surface area (Å²) in [6, 6.07) is 2.27. The van der Waals surface area contributed by atoms with Gasteiger partial charge in [0.2, 0.25) is 0 Å². The van der Waals surface area contributed by atoms with E-state index in [-0.39, 0.29) is 5.54 Å². The summed E-state index contributed by atoms with van der Waals surface area (Å²) < 4.78 is 0. The van der Waals surface area contributed by atoms with Crippen molar-refractivity contribution < 1.29 is 0 Å². The van der Waals surface area contributed by atoms with Crippen LogP contribution in [0.2, 0.25) is 0 Å². The van der Waals surface area contributed by atoms with E-state index in [1.54, 1.807) is 11.3 Å². The van der Waals surface area contributed by atoms with Crippen LogP contribution in [0, 0.1) is 5.92 Å². The van der Waals surface area contributed by atoms with Gasteiger partial charge < -0.3 is 5.32 Å². The molecule has 1 nitrogen and oxygen atoms in total. The van der Waals surface area contributed by atoms with Crippen LogP contribution < -0.4 is 5.32 Å². The van der Waals surface area contributed by atoms with E-state index < -0.39 is 0 Å². The number of hydrogen-bond acceptors (Lipinski definition) is 2. The van der Waals surface area contributed by atoms with Crippen molar-refractivity contribution in [1.82, 2.24) is 5.32 Å². The van der Waals surface area contributed by atoms with Gasteiger partial charge in [-0.15, -0.1) is 0 Å². The van der Waals surface area contributed by atoms with Crippen LogP contribution in [-0.4, -0.2) is 6.54 Å². The zero-order valence-electron chi connectivity index (χ0n) is 8.34. The van der Waals surface area contributed by atoms with Crippen molar-refractivity contribution in [1.29, 1.82) is 0 Å². The summed E-state index contributed by atoms with van der Waals surface area (Å²) in [4.78, 5) is 0. The molecule has 0 aromatic carbocycles. The quantitative estimate of drug-likeness (QED) is 0.765. The molecule has 1 unspecified atom stereocenters. The van der Waals surface area contributed by atoms with Crippen molar-refractivity contribution in [2.45, 2.75) is 32.2 Å². The Hall–Kier alpha value is -0.340. The Morgan fingerprint density at radius 1 is 1.54 bits per heavy atom. The highest BCUT2D eigenvalue weighted by Crippen LogP contribution is 2.38. The molecule has 0 radical (unpaired) electrons. The van der Waals surface area contributed by atoms with E-state index in [0.717, 1.165) is 0 Å². The third-order valence-corrected chi connectivity index (χ3v) is 3.89. The Labute approximate surface area is 84.2 Å². The van der Waals surface area contributed by atoms with Gasteiger partial charge in [-0.05, 0) is 47.7 Å². The van der Waals surface area contributed by atoms with Crippen LogP contribution in [0.1, 0.15) is 32.3 Å². The molecule has 0 spiro atoms. The van der Waals surface area contributed by atoms with E-state index in [1.807, 2.05) is 0 Å². The van der Waals surface area contributed by atoms with Gasteiger partial charge in [-0.3, -0.25) is 0 Å². The van der Waals surface area contributed by atoms with Crippen LogP contribution in [-0.2, 0) is 5.54 Å². The first-order valence-corrected chi connectivity index (χ1v) is 5.98. The zero-order valence-corrected chi connectivity index (χ0v) is 9.16. The highest BCUT2D eigenvalue weighted by atomic mass is 32.1. The van der Waals surface area contributed by atoms with E-state index in [1.165, 1.54) is 24.9 Å². The Morgan fingerprint density at radius 2 is 2.38 bits per heavy atom. The minimum absolute atomic E-state index is 0.278. The Kier molecular flexibility index (Phi) is 2.43. The lowest BCUT2D eigenvalue weighted by Gasteiger charge is -2.33. The van der Waals surface area contributed by atoms with Crippen molar-refractivity contribution in [3.63, 3.8) is 0 Å². The second-order valence-electron chi connectivity index (χ2n) is 4.17. The zero-order chi connectivity index (χ0) is 9.31. The molecule has 1 saturated heterocycles. The van der Waals surface area contributed by atoms with Crippen molar-refractivity contribution in [2.75, 3.05) is 6.54 Å². The minimum atomic E-state index is 0.278. The molecule has 1 fully saturated rings. The lowest BCUT2D eigenvalue weighted by atomic mass is 9.80. The van der Waals surface area contributed by atoms with E-state index in [2.05, 4.69) is 36.0 Å². The molecule has 1 aliphatic heterocycles. The monoisotopic (exact) mass is 195 g/mol. The lowest BCUT2D eigenvalue weighted by molar-refractivity contribution is 0.278. The third kappa shape index (κ3) is 1.42. The maximum absolute atomic E-state index is 3.68. The number of nitrogens with one attached hydrogen (secondary N) is 1. The molecule has 0 bridgehead atoms. The average Bonchev–Trinajstić information content (AvgIpc) is 2.75. The van der Waals surface area contributed by atoms with Gasteiger partial charge in [0.05, 0.1) is 0 Å². The number of thiophene rings is 1. The van der Waals surface area contributed by atoms with E-state index in [4.69, 9.17) is 0 Å². The van der Waals surface area contributed by atoms with Crippen molar-refractivity contribution in [2.24, 2.45) is 5.92 Å². The molecule has 0 aliphatic carbocycles. The predicted octanol–water partition coefficient (Wildman–Crippen LogP) is 2.98. The summed E-state index contributed by atoms with van der Waals surface area (Å²) in [5.41, 5.74) is 1.77. The first kappa shape index (κ1) is 9.22. The second-order valence-corrected chi connectivity index (χ2v) is 4.95. The van der Waals surface area contributed by atoms with Crippen LogP contribution in [0.3, 0.4) is 0 Å². The van der Waals surface area contributed by atoms with E-state index in [9.17, 15) is 0 Å². The molecule has 1 atom stereocenters. The molecule has 2 heterocycles. The fourth-order valence-electron chi connectivity index (χ4n) is 2.36. The van der Waals surface area contributed by atoms with Crippen LogP contribution in [0.5, 0.6) is 0 Å². The Bertz CT molecular complexity index is 258. The van der Waals surface area contributed by atoms with Crippen LogP contribution in [0.15, 0.2) is 16.8 Å². The number of rotatable bonds is 2. The molecular weight excluding hydrogens is 178 g/mol. The lowest BCUT2D eigenvalue weighted by Crippen LogP contribution is -2.41. The topological polar surface area (TPSA) is 12.0 Å². The predicted molar refractivity (Wildman–Crippen MR) is 58.1 cm³/mol. The van der Waals surface area contributed by atoms with Gasteiger partial charge in [-0.1, -0.05) is 13.8 Å². The molecule has 72 valence electrons. The van der Waals surface area contributed by atoms with Gasteiger partial charge in [0.25, 0.3) is 0 Å². The largest absolute Gasteiger partial charge is 0.307 e. The van der Waals surface area contributed by atoms with Gasteiger partial charge >= 0.3 is 0 Å². The Balaban J connectivity index is 2.33. The van der Waals surface area contributed by atoms with Gasteiger partial charge in [-0.25, -0.2) is 0 Å². The standard InChI is InChI=1S/C11H17NS/c1-9(2)11(5-3-6-12-11)10-4-7-13-8-10/h4,7-9,12H,3,5-6H2,1-2H3. The molecule has 1 aromatic heterocycles. The van der Waals surface area contributed by atoms with Gasteiger partial charge in [0.15, 0.2) is 0 Å². The summed E-state index contributed by atoms with van der Waals surface area (Å²) >= 11 is 1.80. The molecule has 1 aromatic rings. The highest BCUT2D eigenvalue weighted by molar-refractivity contribution is 7.08. The van der Waals surface area contributed by atoms with Crippen molar-refractivity contribution in [3.05, 3.63) is 22.4 Å². The fraction of sp³-hybridized carbons (Fsp3) is 0.636. The van der Waals surface area contributed by atoms with Gasteiger partial charge in [0, 0.05) is 5.54 Å². The SMILES string of the molecule is CC(C)C1(c2ccsc2)CCCN1. The molecule has 13 heavy (non-hydrogen) atoms. The summed E-state index contributed by atoms with van der Waals surface area (Å²) in [5.74, 6) is 0.685. The van der Waals surface area contributed by atoms with E-state index in [0.29, 0.717) is 5.92 Å². The van der Waals surface area contributed by atoms with Crippen molar-refractivity contribution in [3.8, 4) is 0 Å². The summed E-state index contributed by atoms with van der Waals surface area (Å²) in [6.07, 6.45) is 2.61. The fourth-order valence-corrected chi connectivity index (χ4v) is 3.10. The highest BCUT2D eigenvalue weighted by Gasteiger charge is 2.38. The summed E-state index contributed by atoms with van der Waals surface area (Å²) in [6.45, 7) is 5.81. The maximum atomic E-state index is 3.68. The Morgan fingerprint density at radius 3 is 2.85 bits per heavy atom. The molecule has 0 amide bonds. The third-order valence-electron chi connectivity index (χ3n) is 3.21. The normalized spacial score (nSPS) is 28.5.